The van der Waals surface area contributed by atoms with Gasteiger partial charge in [0.25, 0.3) is 0 Å². The van der Waals surface area contributed by atoms with Gasteiger partial charge in [-0.25, -0.2) is 9.37 Å². The van der Waals surface area contributed by atoms with Crippen LogP contribution in [0.5, 0.6) is 0 Å². The molecule has 2 rings (SSSR count). The van der Waals surface area contributed by atoms with Crippen molar-refractivity contribution in [3.8, 4) is 11.3 Å². The molecule has 0 aliphatic heterocycles. The van der Waals surface area contributed by atoms with E-state index in [0.29, 0.717) is 18.0 Å². The number of nitrogens with zero attached hydrogens (tertiary/aromatic N) is 1. The van der Waals surface area contributed by atoms with E-state index in [1.807, 2.05) is 6.92 Å². The van der Waals surface area contributed by atoms with Gasteiger partial charge in [-0.2, -0.15) is 0 Å². The number of oxazole rings is 1. The second-order valence-electron chi connectivity index (χ2n) is 3.29. The van der Waals surface area contributed by atoms with Crippen molar-refractivity contribution >= 4 is 0 Å². The van der Waals surface area contributed by atoms with Crippen LogP contribution in [0.4, 0.5) is 4.39 Å². The van der Waals surface area contributed by atoms with Crippen LogP contribution >= 0.6 is 0 Å². The zero-order valence-electron chi connectivity index (χ0n) is 8.33. The van der Waals surface area contributed by atoms with Gasteiger partial charge in [0.05, 0.1) is 0 Å². The molecular formula is C11H11FN2O. The minimum atomic E-state index is -0.259. The van der Waals surface area contributed by atoms with Crippen LogP contribution in [0, 0.1) is 12.7 Å². The molecule has 0 amide bonds. The fourth-order valence-corrected chi connectivity index (χ4v) is 1.52. The summed E-state index contributed by atoms with van der Waals surface area (Å²) in [5, 5.41) is 0. The van der Waals surface area contributed by atoms with Crippen molar-refractivity contribution in [2.45, 2.75) is 13.5 Å². The predicted octanol–water partition coefficient (Wildman–Crippen LogP) is 2.25. The highest BCUT2D eigenvalue weighted by molar-refractivity contribution is 5.63. The SMILES string of the molecule is Cc1cc(F)ccc1-c1ocnc1CN. The highest BCUT2D eigenvalue weighted by atomic mass is 19.1. The fourth-order valence-electron chi connectivity index (χ4n) is 1.52. The molecule has 0 radical (unpaired) electrons. The molecule has 2 aromatic rings. The maximum absolute atomic E-state index is 12.9. The first-order valence-electron chi connectivity index (χ1n) is 4.61. The first kappa shape index (κ1) is 9.86. The molecular weight excluding hydrogens is 195 g/mol. The lowest BCUT2D eigenvalue weighted by molar-refractivity contribution is 0.570. The lowest BCUT2D eigenvalue weighted by Crippen LogP contribution is -1.98. The van der Waals surface area contributed by atoms with Gasteiger partial charge in [-0.05, 0) is 30.7 Å². The minimum Gasteiger partial charge on any atom is -0.443 e. The zero-order valence-corrected chi connectivity index (χ0v) is 8.33. The predicted molar refractivity (Wildman–Crippen MR) is 54.5 cm³/mol. The van der Waals surface area contributed by atoms with E-state index < -0.39 is 0 Å². The topological polar surface area (TPSA) is 52.0 Å². The van der Waals surface area contributed by atoms with Crippen molar-refractivity contribution in [3.63, 3.8) is 0 Å². The van der Waals surface area contributed by atoms with Gasteiger partial charge < -0.3 is 10.2 Å². The summed E-state index contributed by atoms with van der Waals surface area (Å²) in [4.78, 5) is 3.99. The Hall–Kier alpha value is -1.68. The van der Waals surface area contributed by atoms with Crippen molar-refractivity contribution in [1.82, 2.24) is 4.98 Å². The third-order valence-electron chi connectivity index (χ3n) is 2.27. The van der Waals surface area contributed by atoms with Crippen molar-refractivity contribution < 1.29 is 8.81 Å². The van der Waals surface area contributed by atoms with Crippen LogP contribution in [-0.4, -0.2) is 4.98 Å². The lowest BCUT2D eigenvalue weighted by atomic mass is 10.1. The Labute approximate surface area is 86.7 Å². The largest absolute Gasteiger partial charge is 0.443 e. The van der Waals surface area contributed by atoms with Crippen LogP contribution in [-0.2, 0) is 6.54 Å². The number of aromatic nitrogens is 1. The quantitative estimate of drug-likeness (QED) is 0.819. The second kappa shape index (κ2) is 3.82. The molecule has 0 fully saturated rings. The van der Waals surface area contributed by atoms with Gasteiger partial charge in [0.1, 0.15) is 11.5 Å². The Morgan fingerprint density at radius 3 is 2.93 bits per heavy atom. The molecule has 15 heavy (non-hydrogen) atoms. The zero-order chi connectivity index (χ0) is 10.8. The molecule has 4 heteroatoms. The van der Waals surface area contributed by atoms with Crippen LogP contribution in [0.2, 0.25) is 0 Å². The summed E-state index contributed by atoms with van der Waals surface area (Å²) in [6.07, 6.45) is 1.35. The van der Waals surface area contributed by atoms with Crippen molar-refractivity contribution in [2.75, 3.05) is 0 Å². The Morgan fingerprint density at radius 1 is 1.47 bits per heavy atom. The number of hydrogen-bond donors (Lipinski definition) is 1. The fraction of sp³-hybridized carbons (Fsp3) is 0.182. The molecule has 1 aromatic heterocycles. The van der Waals surface area contributed by atoms with Gasteiger partial charge in [0, 0.05) is 12.1 Å². The number of aryl methyl sites for hydroxylation is 1. The Balaban J connectivity index is 2.54. The maximum atomic E-state index is 12.9. The highest BCUT2D eigenvalue weighted by Crippen LogP contribution is 2.26. The lowest BCUT2D eigenvalue weighted by Gasteiger charge is -2.03. The van der Waals surface area contributed by atoms with Gasteiger partial charge in [0.2, 0.25) is 0 Å². The third-order valence-corrected chi connectivity index (χ3v) is 2.27. The van der Waals surface area contributed by atoms with Crippen LogP contribution in [0.15, 0.2) is 29.0 Å². The van der Waals surface area contributed by atoms with E-state index in [0.717, 1.165) is 11.1 Å². The van der Waals surface area contributed by atoms with Crippen LogP contribution in [0.3, 0.4) is 0 Å². The summed E-state index contributed by atoms with van der Waals surface area (Å²) in [6, 6.07) is 4.52. The number of benzene rings is 1. The van der Waals surface area contributed by atoms with E-state index in [1.54, 1.807) is 6.07 Å². The smallest absolute Gasteiger partial charge is 0.181 e. The number of halogens is 1. The van der Waals surface area contributed by atoms with Crippen LogP contribution in [0.25, 0.3) is 11.3 Å². The van der Waals surface area contributed by atoms with Crippen LogP contribution in [0.1, 0.15) is 11.3 Å². The molecule has 0 aliphatic carbocycles. The molecule has 3 nitrogen and oxygen atoms in total. The van der Waals surface area contributed by atoms with Gasteiger partial charge >= 0.3 is 0 Å². The molecule has 0 atom stereocenters. The molecule has 2 N–H and O–H groups in total. The molecule has 0 aliphatic rings. The van der Waals surface area contributed by atoms with E-state index >= 15 is 0 Å². The molecule has 0 unspecified atom stereocenters. The van der Waals surface area contributed by atoms with Gasteiger partial charge in [-0.1, -0.05) is 0 Å². The summed E-state index contributed by atoms with van der Waals surface area (Å²) in [5.74, 6) is 0.361. The summed E-state index contributed by atoms with van der Waals surface area (Å²) in [6.45, 7) is 2.13. The van der Waals surface area contributed by atoms with E-state index in [-0.39, 0.29) is 5.82 Å². The Bertz CT molecular complexity index is 479. The average molecular weight is 206 g/mol. The summed E-state index contributed by atoms with van der Waals surface area (Å²) in [5.41, 5.74) is 7.84. The van der Waals surface area contributed by atoms with Gasteiger partial charge in [-0.3, -0.25) is 0 Å². The molecule has 78 valence electrons. The van der Waals surface area contributed by atoms with Crippen molar-refractivity contribution in [2.24, 2.45) is 5.73 Å². The van der Waals surface area contributed by atoms with Crippen molar-refractivity contribution in [1.29, 1.82) is 0 Å². The first-order chi connectivity index (χ1) is 7.22. The maximum Gasteiger partial charge on any atom is 0.181 e. The normalized spacial score (nSPS) is 10.6. The standard InChI is InChI=1S/C11H11FN2O/c1-7-4-8(12)2-3-9(7)11-10(5-13)14-6-15-11/h2-4,6H,5,13H2,1H3. The van der Waals surface area contributed by atoms with E-state index in [9.17, 15) is 4.39 Å². The second-order valence-corrected chi connectivity index (χ2v) is 3.29. The van der Waals surface area contributed by atoms with Gasteiger partial charge in [0.15, 0.2) is 12.2 Å². The van der Waals surface area contributed by atoms with E-state index in [1.165, 1.54) is 18.5 Å². The summed E-state index contributed by atoms with van der Waals surface area (Å²) in [7, 11) is 0. The number of nitrogens with two attached hydrogens (primary N) is 1. The molecule has 0 spiro atoms. The number of rotatable bonds is 2. The van der Waals surface area contributed by atoms with Crippen LogP contribution < -0.4 is 5.73 Å². The minimum absolute atomic E-state index is 0.259. The molecule has 0 bridgehead atoms. The summed E-state index contributed by atoms with van der Waals surface area (Å²) >= 11 is 0. The molecule has 1 aromatic carbocycles. The Kier molecular flexibility index (Phi) is 2.51. The van der Waals surface area contributed by atoms with E-state index in [2.05, 4.69) is 4.98 Å². The molecule has 0 saturated heterocycles. The number of hydrogen-bond acceptors (Lipinski definition) is 3. The highest BCUT2D eigenvalue weighted by Gasteiger charge is 2.11. The van der Waals surface area contributed by atoms with E-state index in [4.69, 9.17) is 10.2 Å². The summed E-state index contributed by atoms with van der Waals surface area (Å²) < 4.78 is 18.1. The monoisotopic (exact) mass is 206 g/mol. The Morgan fingerprint density at radius 2 is 2.27 bits per heavy atom. The first-order valence-corrected chi connectivity index (χ1v) is 4.61. The average Bonchev–Trinajstić information content (AvgIpc) is 2.65. The third kappa shape index (κ3) is 1.76. The molecule has 0 saturated carbocycles. The van der Waals surface area contributed by atoms with Crippen molar-refractivity contribution in [3.05, 3.63) is 41.7 Å². The van der Waals surface area contributed by atoms with Gasteiger partial charge in [-0.15, -0.1) is 0 Å². The molecule has 1 heterocycles.